The second kappa shape index (κ2) is 4.98. The van der Waals surface area contributed by atoms with Gasteiger partial charge in [0.05, 0.1) is 5.56 Å². The van der Waals surface area contributed by atoms with Crippen molar-refractivity contribution in [1.82, 2.24) is 5.32 Å². The van der Waals surface area contributed by atoms with E-state index in [1.165, 1.54) is 5.56 Å². The van der Waals surface area contributed by atoms with E-state index in [1.54, 1.807) is 0 Å². The molecule has 0 amide bonds. The summed E-state index contributed by atoms with van der Waals surface area (Å²) in [5.74, 6) is 1.78. The maximum absolute atomic E-state index is 7.95. The van der Waals surface area contributed by atoms with E-state index in [4.69, 9.17) is 15.6 Å². The van der Waals surface area contributed by atoms with Crippen molar-refractivity contribution in [2.24, 2.45) is 0 Å². The lowest BCUT2D eigenvalue weighted by atomic mass is 9.87. The number of fused-ring (bicyclic) bond motifs is 1. The molecule has 3 N–H and O–H groups in total. The van der Waals surface area contributed by atoms with Crippen LogP contribution >= 0.6 is 0 Å². The fourth-order valence-corrected chi connectivity index (χ4v) is 2.49. The van der Waals surface area contributed by atoms with Gasteiger partial charge in [0.2, 0.25) is 0 Å². The number of ether oxygens (including phenoxy) is 1. The number of rotatable bonds is 2. The van der Waals surface area contributed by atoms with Gasteiger partial charge >= 0.3 is 0 Å². The summed E-state index contributed by atoms with van der Waals surface area (Å²) in [6.07, 6.45) is 0. The molecule has 0 atom stereocenters. The highest BCUT2D eigenvalue weighted by Crippen LogP contribution is 2.31. The highest BCUT2D eigenvalue weighted by molar-refractivity contribution is 6.24. The maximum atomic E-state index is 7.95. The topological polar surface area (TPSA) is 69.0 Å². The number of amidine groups is 2. The van der Waals surface area contributed by atoms with Crippen LogP contribution < -0.4 is 10.1 Å². The largest absolute Gasteiger partial charge is 0.457 e. The van der Waals surface area contributed by atoms with Gasteiger partial charge in [-0.2, -0.15) is 0 Å². The first-order chi connectivity index (χ1) is 10.4. The molecule has 1 aliphatic heterocycles. The molecule has 0 unspecified atom stereocenters. The maximum Gasteiger partial charge on any atom is 0.139 e. The van der Waals surface area contributed by atoms with Crippen molar-refractivity contribution >= 4 is 11.7 Å². The van der Waals surface area contributed by atoms with Crippen LogP contribution in [0.1, 0.15) is 37.5 Å². The second-order valence-electron chi connectivity index (χ2n) is 6.43. The monoisotopic (exact) mass is 293 g/mol. The van der Waals surface area contributed by atoms with Crippen LogP contribution in [0, 0.1) is 10.8 Å². The lowest BCUT2D eigenvalue weighted by Crippen LogP contribution is -2.20. The number of benzene rings is 2. The average molecular weight is 293 g/mol. The van der Waals surface area contributed by atoms with Gasteiger partial charge in [0, 0.05) is 5.56 Å². The van der Waals surface area contributed by atoms with E-state index in [0.717, 1.165) is 5.75 Å². The van der Waals surface area contributed by atoms with Crippen molar-refractivity contribution < 1.29 is 4.74 Å². The van der Waals surface area contributed by atoms with Gasteiger partial charge in [-0.15, -0.1) is 0 Å². The van der Waals surface area contributed by atoms with Crippen LogP contribution in [0.4, 0.5) is 0 Å². The van der Waals surface area contributed by atoms with Gasteiger partial charge in [-0.05, 0) is 29.2 Å². The van der Waals surface area contributed by atoms with Crippen LogP contribution in [0.15, 0.2) is 42.5 Å². The number of hydrogen-bond donors (Lipinski definition) is 3. The van der Waals surface area contributed by atoms with E-state index < -0.39 is 0 Å². The molecule has 0 aromatic heterocycles. The molecule has 0 spiro atoms. The van der Waals surface area contributed by atoms with E-state index in [1.807, 2.05) is 30.3 Å². The summed E-state index contributed by atoms with van der Waals surface area (Å²) in [6, 6.07) is 13.5. The molecule has 0 bridgehead atoms. The molecule has 1 aliphatic rings. The van der Waals surface area contributed by atoms with Crippen LogP contribution in [0.2, 0.25) is 0 Å². The lowest BCUT2D eigenvalue weighted by molar-refractivity contribution is 0.480. The van der Waals surface area contributed by atoms with Crippen molar-refractivity contribution in [3.05, 3.63) is 59.2 Å². The van der Waals surface area contributed by atoms with Crippen LogP contribution in [0.5, 0.6) is 11.5 Å². The van der Waals surface area contributed by atoms with Gasteiger partial charge in [-0.25, -0.2) is 0 Å². The molecule has 3 rings (SSSR count). The van der Waals surface area contributed by atoms with Crippen molar-refractivity contribution in [1.29, 1.82) is 10.8 Å². The van der Waals surface area contributed by atoms with Gasteiger partial charge in [0.1, 0.15) is 23.2 Å². The Balaban J connectivity index is 1.92. The zero-order valence-corrected chi connectivity index (χ0v) is 12.9. The number of hydrogen-bond acceptors (Lipinski definition) is 3. The van der Waals surface area contributed by atoms with Gasteiger partial charge in [0.15, 0.2) is 0 Å². The minimum absolute atomic E-state index is 0.105. The molecule has 0 saturated heterocycles. The van der Waals surface area contributed by atoms with Gasteiger partial charge < -0.3 is 10.1 Å². The SMILES string of the molecule is CC(C)(C)c1ccc(Oc2cccc3c2C(=N)NC3=N)cc1. The predicted octanol–water partition coefficient (Wildman–Crippen LogP) is 4.03. The summed E-state index contributed by atoms with van der Waals surface area (Å²) in [5, 5.41) is 18.5. The summed E-state index contributed by atoms with van der Waals surface area (Å²) < 4.78 is 5.93. The van der Waals surface area contributed by atoms with Gasteiger partial charge in [-0.1, -0.05) is 45.0 Å². The van der Waals surface area contributed by atoms with Crippen molar-refractivity contribution in [2.75, 3.05) is 0 Å². The van der Waals surface area contributed by atoms with Crippen LogP contribution in [-0.2, 0) is 5.41 Å². The van der Waals surface area contributed by atoms with Crippen LogP contribution in [0.3, 0.4) is 0 Å². The van der Waals surface area contributed by atoms with Crippen molar-refractivity contribution in [3.63, 3.8) is 0 Å². The third-order valence-corrected chi connectivity index (χ3v) is 3.74. The molecule has 2 aromatic carbocycles. The predicted molar refractivity (Wildman–Crippen MR) is 88.5 cm³/mol. The molecule has 112 valence electrons. The Bertz CT molecular complexity index is 755. The zero-order valence-electron chi connectivity index (χ0n) is 12.9. The molecule has 0 radical (unpaired) electrons. The second-order valence-corrected chi connectivity index (χ2v) is 6.43. The quantitative estimate of drug-likeness (QED) is 0.782. The summed E-state index contributed by atoms with van der Waals surface area (Å²) in [4.78, 5) is 0. The molecule has 0 fully saturated rings. The van der Waals surface area contributed by atoms with E-state index in [-0.39, 0.29) is 17.1 Å². The first kappa shape index (κ1) is 14.3. The third kappa shape index (κ3) is 2.48. The Morgan fingerprint density at radius 3 is 2.23 bits per heavy atom. The zero-order chi connectivity index (χ0) is 15.9. The molecule has 0 saturated carbocycles. The smallest absolute Gasteiger partial charge is 0.139 e. The first-order valence-corrected chi connectivity index (χ1v) is 7.22. The standard InChI is InChI=1S/C18H19N3O/c1-18(2,3)11-7-9-12(10-8-11)22-14-6-4-5-13-15(14)17(20)21-16(13)19/h4-10H,1-3H3,(H3,19,20,21). The van der Waals surface area contributed by atoms with E-state index in [0.29, 0.717) is 16.9 Å². The van der Waals surface area contributed by atoms with E-state index in [9.17, 15) is 0 Å². The molecular formula is C18H19N3O. The fourth-order valence-electron chi connectivity index (χ4n) is 2.49. The molecule has 22 heavy (non-hydrogen) atoms. The molecule has 4 nitrogen and oxygen atoms in total. The summed E-state index contributed by atoms with van der Waals surface area (Å²) >= 11 is 0. The minimum atomic E-state index is 0.105. The lowest BCUT2D eigenvalue weighted by Gasteiger charge is -2.19. The Hall–Kier alpha value is -2.62. The molecule has 1 heterocycles. The van der Waals surface area contributed by atoms with Gasteiger partial charge in [-0.3, -0.25) is 10.8 Å². The van der Waals surface area contributed by atoms with Gasteiger partial charge in [0.25, 0.3) is 0 Å². The van der Waals surface area contributed by atoms with Crippen LogP contribution in [-0.4, -0.2) is 11.7 Å². The van der Waals surface area contributed by atoms with Crippen molar-refractivity contribution in [3.8, 4) is 11.5 Å². The Morgan fingerprint density at radius 1 is 0.909 bits per heavy atom. The number of nitrogens with one attached hydrogen (secondary N) is 3. The minimum Gasteiger partial charge on any atom is -0.457 e. The van der Waals surface area contributed by atoms with Crippen molar-refractivity contribution in [2.45, 2.75) is 26.2 Å². The molecule has 4 heteroatoms. The Morgan fingerprint density at radius 2 is 1.59 bits per heavy atom. The van der Waals surface area contributed by atoms with Crippen LogP contribution in [0.25, 0.3) is 0 Å². The van der Waals surface area contributed by atoms with E-state index >= 15 is 0 Å². The summed E-state index contributed by atoms with van der Waals surface area (Å²) in [7, 11) is 0. The normalized spacial score (nSPS) is 13.8. The fraction of sp³-hybridized carbons (Fsp3) is 0.222. The van der Waals surface area contributed by atoms with E-state index in [2.05, 4.69) is 38.2 Å². The first-order valence-electron chi connectivity index (χ1n) is 7.22. The average Bonchev–Trinajstić information content (AvgIpc) is 2.75. The molecular weight excluding hydrogens is 274 g/mol. The Kier molecular flexibility index (Phi) is 3.24. The summed E-state index contributed by atoms with van der Waals surface area (Å²) in [6.45, 7) is 6.52. The molecule has 2 aromatic rings. The Labute approximate surface area is 130 Å². The highest BCUT2D eigenvalue weighted by Gasteiger charge is 2.25. The molecule has 0 aliphatic carbocycles. The summed E-state index contributed by atoms with van der Waals surface area (Å²) in [5.41, 5.74) is 2.70. The highest BCUT2D eigenvalue weighted by atomic mass is 16.5. The third-order valence-electron chi connectivity index (χ3n) is 3.74.